The third-order valence-corrected chi connectivity index (χ3v) is 3.58. The van der Waals surface area contributed by atoms with E-state index in [-0.39, 0.29) is 5.54 Å². The number of hydrogen-bond acceptors (Lipinski definition) is 3. The lowest BCUT2D eigenvalue weighted by Crippen LogP contribution is -2.47. The van der Waals surface area contributed by atoms with Gasteiger partial charge in [0.25, 0.3) is 0 Å². The molecule has 0 radical (unpaired) electrons. The lowest BCUT2D eigenvalue weighted by Gasteiger charge is -2.23. The van der Waals surface area contributed by atoms with Crippen molar-refractivity contribution >= 4 is 17.3 Å². The molecule has 0 saturated heterocycles. The van der Waals surface area contributed by atoms with Gasteiger partial charge in [-0.1, -0.05) is 0 Å². The largest absolute Gasteiger partial charge is 0.357 e. The minimum Gasteiger partial charge on any atom is -0.357 e. The van der Waals surface area contributed by atoms with Crippen molar-refractivity contribution in [1.82, 2.24) is 15.6 Å². The third-order valence-electron chi connectivity index (χ3n) is 2.45. The van der Waals surface area contributed by atoms with Gasteiger partial charge in [-0.3, -0.25) is 4.99 Å². The predicted octanol–water partition coefficient (Wildman–Crippen LogP) is 2.66. The molecule has 0 aromatic carbocycles. The number of hydrogen-bond donors (Lipinski definition) is 2. The van der Waals surface area contributed by atoms with E-state index in [1.54, 1.807) is 11.3 Å². The fourth-order valence-electron chi connectivity index (χ4n) is 1.74. The Balaban J connectivity index is 2.58. The highest BCUT2D eigenvalue weighted by molar-refractivity contribution is 7.11. The summed E-state index contributed by atoms with van der Waals surface area (Å²) < 4.78 is 0. The van der Waals surface area contributed by atoms with Crippen molar-refractivity contribution in [2.75, 3.05) is 13.1 Å². The summed E-state index contributed by atoms with van der Waals surface area (Å²) in [7, 11) is 0. The summed E-state index contributed by atoms with van der Waals surface area (Å²) in [5.74, 6) is 0.883. The first-order valence-corrected chi connectivity index (χ1v) is 7.63. The smallest absolute Gasteiger partial charge is 0.191 e. The van der Waals surface area contributed by atoms with E-state index >= 15 is 0 Å². The molecule has 0 aliphatic carbocycles. The maximum atomic E-state index is 4.62. The van der Waals surface area contributed by atoms with E-state index in [1.807, 2.05) is 0 Å². The number of nitrogens with zero attached hydrogens (tertiary/aromatic N) is 2. The highest BCUT2D eigenvalue weighted by Crippen LogP contribution is 2.17. The van der Waals surface area contributed by atoms with E-state index in [0.29, 0.717) is 0 Å². The van der Waals surface area contributed by atoms with E-state index in [0.717, 1.165) is 36.2 Å². The Morgan fingerprint density at radius 1 is 1.32 bits per heavy atom. The molecule has 4 nitrogen and oxygen atoms in total. The summed E-state index contributed by atoms with van der Waals surface area (Å²) in [6.07, 6.45) is 0.956. The lowest BCUT2D eigenvalue weighted by molar-refractivity contribution is 0.501. The molecule has 1 rings (SSSR count). The second-order valence-electron chi connectivity index (χ2n) is 5.63. The van der Waals surface area contributed by atoms with Gasteiger partial charge < -0.3 is 10.6 Å². The van der Waals surface area contributed by atoms with Gasteiger partial charge in [-0.05, 0) is 41.5 Å². The normalized spacial score (nSPS) is 12.6. The highest BCUT2D eigenvalue weighted by Gasteiger charge is 2.11. The summed E-state index contributed by atoms with van der Waals surface area (Å²) in [6.45, 7) is 14.3. The molecule has 108 valence electrons. The first-order chi connectivity index (χ1) is 8.81. The van der Waals surface area contributed by atoms with Gasteiger partial charge in [-0.25, -0.2) is 4.98 Å². The molecule has 0 spiro atoms. The molecule has 0 fully saturated rings. The van der Waals surface area contributed by atoms with Gasteiger partial charge in [0.15, 0.2) is 5.96 Å². The Labute approximate surface area is 120 Å². The van der Waals surface area contributed by atoms with Crippen LogP contribution in [-0.4, -0.2) is 29.6 Å². The number of aliphatic imine (C=N–C) groups is 1. The average molecular weight is 282 g/mol. The molecule has 0 saturated carbocycles. The fraction of sp³-hybridized carbons (Fsp3) is 0.714. The molecule has 0 unspecified atom stereocenters. The zero-order chi connectivity index (χ0) is 14.5. The van der Waals surface area contributed by atoms with Crippen molar-refractivity contribution in [1.29, 1.82) is 0 Å². The SMILES string of the molecule is CCNC(=NCCc1sc(C)nc1C)NC(C)(C)C. The number of thiazole rings is 1. The molecule has 1 aromatic rings. The summed E-state index contributed by atoms with van der Waals surface area (Å²) in [4.78, 5) is 10.4. The molecule has 0 atom stereocenters. The number of aromatic nitrogens is 1. The van der Waals surface area contributed by atoms with Crippen LogP contribution in [-0.2, 0) is 6.42 Å². The van der Waals surface area contributed by atoms with Crippen molar-refractivity contribution < 1.29 is 0 Å². The van der Waals surface area contributed by atoms with Crippen molar-refractivity contribution in [3.05, 3.63) is 15.6 Å². The Kier molecular flexibility index (Phi) is 5.79. The van der Waals surface area contributed by atoms with Crippen LogP contribution in [0.15, 0.2) is 4.99 Å². The van der Waals surface area contributed by atoms with Gasteiger partial charge in [0.1, 0.15) is 0 Å². The van der Waals surface area contributed by atoms with Crippen LogP contribution in [0.3, 0.4) is 0 Å². The Morgan fingerprint density at radius 3 is 2.47 bits per heavy atom. The van der Waals surface area contributed by atoms with Gasteiger partial charge >= 0.3 is 0 Å². The second kappa shape index (κ2) is 6.89. The Bertz CT molecular complexity index is 429. The van der Waals surface area contributed by atoms with Crippen LogP contribution >= 0.6 is 11.3 Å². The van der Waals surface area contributed by atoms with Gasteiger partial charge in [0.05, 0.1) is 10.7 Å². The van der Waals surface area contributed by atoms with Crippen LogP contribution in [0.25, 0.3) is 0 Å². The minimum atomic E-state index is 0.0258. The Morgan fingerprint density at radius 2 is 2.00 bits per heavy atom. The van der Waals surface area contributed by atoms with Gasteiger partial charge in [0, 0.05) is 29.9 Å². The van der Waals surface area contributed by atoms with E-state index in [2.05, 4.69) is 62.2 Å². The molecule has 19 heavy (non-hydrogen) atoms. The van der Waals surface area contributed by atoms with Crippen LogP contribution in [0.2, 0.25) is 0 Å². The summed E-state index contributed by atoms with van der Waals surface area (Å²) in [5.41, 5.74) is 1.17. The molecular weight excluding hydrogens is 256 g/mol. The molecule has 2 N–H and O–H groups in total. The van der Waals surface area contributed by atoms with E-state index < -0.39 is 0 Å². The standard InChI is InChI=1S/C14H26N4S/c1-7-15-13(18-14(4,5)6)16-9-8-12-10(2)17-11(3)19-12/h7-9H2,1-6H3,(H2,15,16,18). The molecule has 0 aliphatic heterocycles. The van der Waals surface area contributed by atoms with Gasteiger partial charge in [0.2, 0.25) is 0 Å². The highest BCUT2D eigenvalue weighted by atomic mass is 32.1. The van der Waals surface area contributed by atoms with Crippen LogP contribution in [0.5, 0.6) is 0 Å². The first kappa shape index (κ1) is 16.0. The molecule has 0 aliphatic rings. The van der Waals surface area contributed by atoms with Crippen molar-refractivity contribution in [3.63, 3.8) is 0 Å². The van der Waals surface area contributed by atoms with Gasteiger partial charge in [-0.15, -0.1) is 11.3 Å². The molecule has 0 amide bonds. The van der Waals surface area contributed by atoms with E-state index in [4.69, 9.17) is 0 Å². The maximum Gasteiger partial charge on any atom is 0.191 e. The number of rotatable bonds is 4. The minimum absolute atomic E-state index is 0.0258. The number of aryl methyl sites for hydroxylation is 2. The summed E-state index contributed by atoms with van der Waals surface area (Å²) >= 11 is 1.77. The predicted molar refractivity (Wildman–Crippen MR) is 84.2 cm³/mol. The van der Waals surface area contributed by atoms with Crippen LogP contribution in [0.1, 0.15) is 43.3 Å². The quantitative estimate of drug-likeness (QED) is 0.659. The topological polar surface area (TPSA) is 49.3 Å². The molecule has 1 heterocycles. The van der Waals surface area contributed by atoms with E-state index in [1.165, 1.54) is 4.88 Å². The first-order valence-electron chi connectivity index (χ1n) is 6.81. The molecular formula is C14H26N4S. The lowest BCUT2D eigenvalue weighted by atomic mass is 10.1. The fourth-order valence-corrected chi connectivity index (χ4v) is 2.66. The summed E-state index contributed by atoms with van der Waals surface area (Å²) in [5, 5.41) is 7.80. The van der Waals surface area contributed by atoms with E-state index in [9.17, 15) is 0 Å². The summed E-state index contributed by atoms with van der Waals surface area (Å²) in [6, 6.07) is 0. The van der Waals surface area contributed by atoms with Crippen LogP contribution in [0.4, 0.5) is 0 Å². The van der Waals surface area contributed by atoms with Crippen molar-refractivity contribution in [2.45, 2.75) is 53.5 Å². The maximum absolute atomic E-state index is 4.62. The molecule has 1 aromatic heterocycles. The number of guanidine groups is 1. The monoisotopic (exact) mass is 282 g/mol. The number of nitrogens with one attached hydrogen (secondary N) is 2. The van der Waals surface area contributed by atoms with Crippen molar-refractivity contribution in [2.24, 2.45) is 4.99 Å². The molecule has 0 bridgehead atoms. The van der Waals surface area contributed by atoms with Crippen molar-refractivity contribution in [3.8, 4) is 0 Å². The zero-order valence-electron chi connectivity index (χ0n) is 12.9. The Hall–Kier alpha value is -1.10. The van der Waals surface area contributed by atoms with Crippen LogP contribution in [0, 0.1) is 13.8 Å². The van der Waals surface area contributed by atoms with Crippen LogP contribution < -0.4 is 10.6 Å². The van der Waals surface area contributed by atoms with Gasteiger partial charge in [-0.2, -0.15) is 0 Å². The zero-order valence-corrected chi connectivity index (χ0v) is 13.7. The molecule has 5 heteroatoms. The second-order valence-corrected chi connectivity index (χ2v) is 6.91. The average Bonchev–Trinajstić information content (AvgIpc) is 2.55. The third kappa shape index (κ3) is 6.05.